The van der Waals surface area contributed by atoms with Crippen molar-refractivity contribution in [1.29, 1.82) is 0 Å². The second kappa shape index (κ2) is 5.23. The highest BCUT2D eigenvalue weighted by Crippen LogP contribution is 2.15. The number of rotatable bonds is 4. The van der Waals surface area contributed by atoms with Crippen molar-refractivity contribution in [3.8, 4) is 0 Å². The molecular weight excluding hydrogens is 212 g/mol. The molecule has 1 fully saturated rings. The van der Waals surface area contributed by atoms with E-state index >= 15 is 0 Å². The molecule has 0 aromatic carbocycles. The van der Waals surface area contributed by atoms with Crippen molar-refractivity contribution in [1.82, 2.24) is 10.3 Å². The summed E-state index contributed by atoms with van der Waals surface area (Å²) in [7, 11) is 0. The van der Waals surface area contributed by atoms with E-state index in [0.717, 1.165) is 25.3 Å². The molecule has 1 saturated heterocycles. The van der Waals surface area contributed by atoms with E-state index < -0.39 is 0 Å². The lowest BCUT2D eigenvalue weighted by Crippen LogP contribution is -2.25. The van der Waals surface area contributed by atoms with E-state index in [1.54, 1.807) is 16.8 Å². The lowest BCUT2D eigenvalue weighted by molar-refractivity contribution is -0.122. The molecule has 82 valence electrons. The van der Waals surface area contributed by atoms with Crippen LogP contribution in [0.1, 0.15) is 18.5 Å². The fraction of sp³-hybridized carbons (Fsp3) is 0.600. The van der Waals surface area contributed by atoms with Crippen LogP contribution in [-0.2, 0) is 16.1 Å². The molecule has 0 radical (unpaired) electrons. The van der Waals surface area contributed by atoms with Crippen LogP contribution >= 0.6 is 11.3 Å². The summed E-state index contributed by atoms with van der Waals surface area (Å²) < 4.78 is 5.22. The first-order valence-electron chi connectivity index (χ1n) is 5.06. The van der Waals surface area contributed by atoms with Gasteiger partial charge in [-0.25, -0.2) is 4.98 Å². The first-order chi connectivity index (χ1) is 7.34. The van der Waals surface area contributed by atoms with Gasteiger partial charge in [-0.3, -0.25) is 4.79 Å². The summed E-state index contributed by atoms with van der Waals surface area (Å²) in [6.45, 7) is 2.06. The first kappa shape index (κ1) is 10.6. The summed E-state index contributed by atoms with van der Waals surface area (Å²) >= 11 is 1.54. The van der Waals surface area contributed by atoms with Gasteiger partial charge in [0.2, 0.25) is 5.91 Å². The van der Waals surface area contributed by atoms with E-state index in [9.17, 15) is 4.79 Å². The van der Waals surface area contributed by atoms with Gasteiger partial charge in [0.15, 0.2) is 0 Å². The van der Waals surface area contributed by atoms with Crippen molar-refractivity contribution in [3.63, 3.8) is 0 Å². The van der Waals surface area contributed by atoms with Gasteiger partial charge in [0.1, 0.15) is 0 Å². The summed E-state index contributed by atoms with van der Waals surface area (Å²) in [6, 6.07) is 0. The smallest absolute Gasteiger partial charge is 0.220 e. The minimum absolute atomic E-state index is 0.0958. The Bertz CT molecular complexity index is 307. The van der Waals surface area contributed by atoms with Crippen LogP contribution < -0.4 is 5.32 Å². The monoisotopic (exact) mass is 226 g/mol. The number of hydrogen-bond donors (Lipinski definition) is 1. The van der Waals surface area contributed by atoms with E-state index in [1.807, 2.05) is 5.38 Å². The van der Waals surface area contributed by atoms with Crippen molar-refractivity contribution < 1.29 is 9.53 Å². The number of nitrogens with one attached hydrogen (secondary N) is 1. The Morgan fingerprint density at radius 1 is 1.73 bits per heavy atom. The van der Waals surface area contributed by atoms with Gasteiger partial charge in [0.25, 0.3) is 0 Å². The fourth-order valence-corrected chi connectivity index (χ4v) is 2.15. The number of amides is 1. The zero-order chi connectivity index (χ0) is 10.5. The van der Waals surface area contributed by atoms with Gasteiger partial charge in [0.05, 0.1) is 17.7 Å². The van der Waals surface area contributed by atoms with Crippen molar-refractivity contribution in [2.75, 3.05) is 13.2 Å². The first-order valence-corrected chi connectivity index (χ1v) is 6.00. The minimum Gasteiger partial charge on any atom is -0.381 e. The normalized spacial score (nSPS) is 20.4. The summed E-state index contributed by atoms with van der Waals surface area (Å²) in [6.07, 6.45) is 1.58. The van der Waals surface area contributed by atoms with E-state index in [2.05, 4.69) is 10.3 Å². The number of aromatic nitrogens is 1. The highest BCUT2D eigenvalue weighted by molar-refractivity contribution is 7.07. The number of thiazole rings is 1. The largest absolute Gasteiger partial charge is 0.381 e. The topological polar surface area (TPSA) is 51.2 Å². The molecule has 1 aliphatic rings. The van der Waals surface area contributed by atoms with E-state index in [4.69, 9.17) is 4.74 Å². The second-order valence-corrected chi connectivity index (χ2v) is 4.41. The zero-order valence-electron chi connectivity index (χ0n) is 8.44. The average Bonchev–Trinajstić information content (AvgIpc) is 2.86. The molecular formula is C10H14N2O2S. The molecule has 1 amide bonds. The van der Waals surface area contributed by atoms with Crippen LogP contribution in [0.3, 0.4) is 0 Å². The van der Waals surface area contributed by atoms with Crippen molar-refractivity contribution >= 4 is 17.2 Å². The van der Waals surface area contributed by atoms with Crippen LogP contribution in [0, 0.1) is 5.92 Å². The number of hydrogen-bond acceptors (Lipinski definition) is 4. The third-order valence-corrected chi connectivity index (χ3v) is 3.08. The molecule has 0 spiro atoms. The molecule has 15 heavy (non-hydrogen) atoms. The lowest BCUT2D eigenvalue weighted by atomic mass is 10.1. The Labute approximate surface area is 92.7 Å². The molecule has 2 heterocycles. The van der Waals surface area contributed by atoms with Crippen LogP contribution in [0.4, 0.5) is 0 Å². The van der Waals surface area contributed by atoms with Crippen LogP contribution in [0.25, 0.3) is 0 Å². The Morgan fingerprint density at radius 3 is 3.33 bits per heavy atom. The molecule has 5 heteroatoms. The van der Waals surface area contributed by atoms with Gasteiger partial charge in [-0.1, -0.05) is 0 Å². The Balaban J connectivity index is 1.68. The van der Waals surface area contributed by atoms with Gasteiger partial charge in [-0.05, 0) is 12.3 Å². The Kier molecular flexibility index (Phi) is 3.69. The molecule has 4 nitrogen and oxygen atoms in total. The Hall–Kier alpha value is -0.940. The summed E-state index contributed by atoms with van der Waals surface area (Å²) in [5.74, 6) is 0.499. The van der Waals surface area contributed by atoms with Gasteiger partial charge in [-0.2, -0.15) is 0 Å². The summed E-state index contributed by atoms with van der Waals surface area (Å²) in [5.41, 5.74) is 2.70. The average molecular weight is 226 g/mol. The summed E-state index contributed by atoms with van der Waals surface area (Å²) in [4.78, 5) is 15.6. The number of ether oxygens (including phenoxy) is 1. The predicted molar refractivity (Wildman–Crippen MR) is 57.5 cm³/mol. The van der Waals surface area contributed by atoms with Crippen molar-refractivity contribution in [2.24, 2.45) is 5.92 Å². The molecule has 1 aromatic heterocycles. The molecule has 1 aromatic rings. The maximum Gasteiger partial charge on any atom is 0.220 e. The third-order valence-electron chi connectivity index (χ3n) is 2.45. The molecule has 0 saturated carbocycles. The SMILES string of the molecule is O=C(CC1CCOC1)NCc1cscn1. The van der Waals surface area contributed by atoms with Crippen molar-refractivity contribution in [2.45, 2.75) is 19.4 Å². The number of carbonyl (C=O) groups is 1. The fourth-order valence-electron chi connectivity index (χ4n) is 1.59. The van der Waals surface area contributed by atoms with Crippen LogP contribution in [0.15, 0.2) is 10.9 Å². The quantitative estimate of drug-likeness (QED) is 0.839. The molecule has 1 unspecified atom stereocenters. The van der Waals surface area contributed by atoms with Gasteiger partial charge < -0.3 is 10.1 Å². The van der Waals surface area contributed by atoms with E-state index in [1.165, 1.54) is 0 Å². The molecule has 1 atom stereocenters. The summed E-state index contributed by atoms with van der Waals surface area (Å²) in [5, 5.41) is 4.81. The van der Waals surface area contributed by atoms with E-state index in [0.29, 0.717) is 18.9 Å². The zero-order valence-corrected chi connectivity index (χ0v) is 9.26. The van der Waals surface area contributed by atoms with Gasteiger partial charge >= 0.3 is 0 Å². The predicted octanol–water partition coefficient (Wildman–Crippen LogP) is 1.19. The molecule has 0 aliphatic carbocycles. The van der Waals surface area contributed by atoms with Gasteiger partial charge in [-0.15, -0.1) is 11.3 Å². The highest BCUT2D eigenvalue weighted by atomic mass is 32.1. The van der Waals surface area contributed by atoms with Crippen molar-refractivity contribution in [3.05, 3.63) is 16.6 Å². The van der Waals surface area contributed by atoms with Gasteiger partial charge in [0, 0.05) is 25.0 Å². The molecule has 0 bridgehead atoms. The third kappa shape index (κ3) is 3.28. The van der Waals surface area contributed by atoms with E-state index in [-0.39, 0.29) is 5.91 Å². The van der Waals surface area contributed by atoms with Crippen LogP contribution in [-0.4, -0.2) is 24.1 Å². The maximum atomic E-state index is 11.5. The molecule has 1 aliphatic heterocycles. The standard InChI is InChI=1S/C10H14N2O2S/c13-10(3-8-1-2-14-5-8)11-4-9-6-15-7-12-9/h6-8H,1-5H2,(H,11,13). The second-order valence-electron chi connectivity index (χ2n) is 3.69. The molecule has 2 rings (SSSR count). The van der Waals surface area contributed by atoms with Crippen LogP contribution in [0.2, 0.25) is 0 Å². The molecule has 1 N–H and O–H groups in total. The lowest BCUT2D eigenvalue weighted by Gasteiger charge is -2.07. The Morgan fingerprint density at radius 2 is 2.67 bits per heavy atom. The number of nitrogens with zero attached hydrogens (tertiary/aromatic N) is 1. The van der Waals surface area contributed by atoms with Crippen LogP contribution in [0.5, 0.6) is 0 Å². The maximum absolute atomic E-state index is 11.5. The number of carbonyl (C=O) groups excluding carboxylic acids is 1. The minimum atomic E-state index is 0.0958. The highest BCUT2D eigenvalue weighted by Gasteiger charge is 2.18.